The summed E-state index contributed by atoms with van der Waals surface area (Å²) in [4.78, 5) is 0. The summed E-state index contributed by atoms with van der Waals surface area (Å²) in [6, 6.07) is 0. The van der Waals surface area contributed by atoms with E-state index >= 15 is 0 Å². The smallest absolute Gasteiger partial charge is 0.100 e. The molecule has 0 aromatic carbocycles. The van der Waals surface area contributed by atoms with Gasteiger partial charge in [0.15, 0.2) is 0 Å². The number of alkyl halides is 1. The zero-order valence-electron chi connectivity index (χ0n) is 8.21. The topological polar surface area (TPSA) is 26.0 Å². The van der Waals surface area contributed by atoms with Crippen LogP contribution in [-0.2, 0) is 0 Å². The minimum absolute atomic E-state index is 0.502. The number of rotatable bonds is 2. The monoisotopic (exact) mass is 185 g/mol. The second-order valence-electron chi connectivity index (χ2n) is 4.75. The highest BCUT2D eigenvalue weighted by atomic mass is 19.1. The third kappa shape index (κ3) is 1.88. The molecule has 1 nitrogen and oxygen atoms in total. The van der Waals surface area contributed by atoms with Crippen LogP contribution in [0.2, 0.25) is 0 Å². The predicted molar refractivity (Wildman–Crippen MR) is 52.1 cm³/mol. The van der Waals surface area contributed by atoms with Crippen molar-refractivity contribution in [2.75, 3.05) is 6.54 Å². The number of fused-ring (bicyclic) bond motifs is 1. The summed E-state index contributed by atoms with van der Waals surface area (Å²) >= 11 is 0. The molecule has 76 valence electrons. The first-order valence-corrected chi connectivity index (χ1v) is 5.65. The van der Waals surface area contributed by atoms with Gasteiger partial charge in [-0.2, -0.15) is 0 Å². The first-order valence-electron chi connectivity index (χ1n) is 5.65. The van der Waals surface area contributed by atoms with Crippen molar-refractivity contribution in [1.29, 1.82) is 0 Å². The van der Waals surface area contributed by atoms with Gasteiger partial charge in [-0.25, -0.2) is 4.39 Å². The van der Waals surface area contributed by atoms with Gasteiger partial charge in [0, 0.05) is 0 Å². The maximum absolute atomic E-state index is 13.1. The predicted octanol–water partition coefficient (Wildman–Crippen LogP) is 2.50. The summed E-state index contributed by atoms with van der Waals surface area (Å²) in [6.07, 6.45) is 6.00. The molecule has 2 saturated carbocycles. The van der Waals surface area contributed by atoms with E-state index in [1.165, 1.54) is 12.8 Å². The normalized spacial score (nSPS) is 44.8. The lowest BCUT2D eigenvalue weighted by atomic mass is 9.76. The molecule has 2 heteroatoms. The molecular formula is C11H20FN. The van der Waals surface area contributed by atoms with Crippen LogP contribution in [0.4, 0.5) is 4.39 Å². The van der Waals surface area contributed by atoms with Gasteiger partial charge in [-0.1, -0.05) is 0 Å². The average Bonchev–Trinajstić information content (AvgIpc) is 2.49. The Hall–Kier alpha value is -0.110. The molecule has 2 rings (SSSR count). The van der Waals surface area contributed by atoms with E-state index in [1.54, 1.807) is 0 Å². The minimum Gasteiger partial charge on any atom is -0.330 e. The number of hydrogen-bond donors (Lipinski definition) is 1. The van der Waals surface area contributed by atoms with Crippen molar-refractivity contribution in [2.24, 2.45) is 23.5 Å². The fourth-order valence-corrected chi connectivity index (χ4v) is 3.40. The Morgan fingerprint density at radius 1 is 1.15 bits per heavy atom. The van der Waals surface area contributed by atoms with E-state index in [4.69, 9.17) is 5.73 Å². The van der Waals surface area contributed by atoms with E-state index in [1.807, 2.05) is 0 Å². The molecular weight excluding hydrogens is 165 g/mol. The van der Waals surface area contributed by atoms with E-state index in [9.17, 15) is 4.39 Å². The van der Waals surface area contributed by atoms with Crippen LogP contribution in [0, 0.1) is 17.8 Å². The third-order valence-corrected chi connectivity index (χ3v) is 4.03. The van der Waals surface area contributed by atoms with Gasteiger partial charge in [-0.3, -0.25) is 0 Å². The van der Waals surface area contributed by atoms with Gasteiger partial charge in [-0.15, -0.1) is 0 Å². The van der Waals surface area contributed by atoms with Crippen molar-refractivity contribution in [3.8, 4) is 0 Å². The maximum Gasteiger partial charge on any atom is 0.100 e. The standard InChI is InChI=1S/C11H20FN/c12-10-3-4-11-8(5-6-13)1-2-9(11)7-10/h8-11H,1-7,13H2. The molecule has 2 fully saturated rings. The molecule has 2 aliphatic carbocycles. The lowest BCUT2D eigenvalue weighted by molar-refractivity contribution is 0.137. The largest absolute Gasteiger partial charge is 0.330 e. The molecule has 2 aliphatic rings. The van der Waals surface area contributed by atoms with Crippen molar-refractivity contribution in [3.63, 3.8) is 0 Å². The summed E-state index contributed by atoms with van der Waals surface area (Å²) in [5, 5.41) is 0. The number of hydrogen-bond acceptors (Lipinski definition) is 1. The Labute approximate surface area is 79.9 Å². The van der Waals surface area contributed by atoms with Crippen molar-refractivity contribution in [3.05, 3.63) is 0 Å². The number of nitrogens with two attached hydrogens (primary N) is 1. The zero-order valence-corrected chi connectivity index (χ0v) is 8.21. The molecule has 4 unspecified atom stereocenters. The molecule has 0 saturated heterocycles. The quantitative estimate of drug-likeness (QED) is 0.702. The fraction of sp³-hybridized carbons (Fsp3) is 1.00. The average molecular weight is 185 g/mol. The van der Waals surface area contributed by atoms with Crippen LogP contribution in [-0.4, -0.2) is 12.7 Å². The highest BCUT2D eigenvalue weighted by Gasteiger charge is 2.39. The van der Waals surface area contributed by atoms with Gasteiger partial charge in [0.25, 0.3) is 0 Å². The maximum atomic E-state index is 13.1. The Kier molecular flexibility index (Phi) is 2.87. The van der Waals surface area contributed by atoms with Crippen molar-refractivity contribution in [2.45, 2.75) is 44.7 Å². The Morgan fingerprint density at radius 3 is 2.77 bits per heavy atom. The van der Waals surface area contributed by atoms with Crippen molar-refractivity contribution >= 4 is 0 Å². The van der Waals surface area contributed by atoms with Crippen LogP contribution >= 0.6 is 0 Å². The SMILES string of the molecule is NCCC1CCC2CC(F)CCC12. The summed E-state index contributed by atoms with van der Waals surface area (Å²) < 4.78 is 13.1. The van der Waals surface area contributed by atoms with Crippen LogP contribution in [0.5, 0.6) is 0 Å². The van der Waals surface area contributed by atoms with Crippen molar-refractivity contribution < 1.29 is 4.39 Å². The fourth-order valence-electron chi connectivity index (χ4n) is 3.40. The third-order valence-electron chi connectivity index (χ3n) is 4.03. The van der Waals surface area contributed by atoms with Crippen LogP contribution < -0.4 is 5.73 Å². The zero-order chi connectivity index (χ0) is 9.26. The lowest BCUT2D eigenvalue weighted by Gasteiger charge is -2.31. The van der Waals surface area contributed by atoms with Crippen LogP contribution in [0.15, 0.2) is 0 Å². The summed E-state index contributed by atoms with van der Waals surface area (Å²) in [7, 11) is 0. The van der Waals surface area contributed by atoms with Gasteiger partial charge in [0.1, 0.15) is 6.17 Å². The van der Waals surface area contributed by atoms with Crippen LogP contribution in [0.25, 0.3) is 0 Å². The van der Waals surface area contributed by atoms with Gasteiger partial charge in [0.05, 0.1) is 0 Å². The Morgan fingerprint density at radius 2 is 2.00 bits per heavy atom. The van der Waals surface area contributed by atoms with E-state index in [0.29, 0.717) is 5.92 Å². The van der Waals surface area contributed by atoms with E-state index in [2.05, 4.69) is 0 Å². The molecule has 13 heavy (non-hydrogen) atoms. The molecule has 4 atom stereocenters. The second kappa shape index (κ2) is 3.95. The van der Waals surface area contributed by atoms with Crippen LogP contribution in [0.1, 0.15) is 38.5 Å². The Balaban J connectivity index is 1.92. The number of halogens is 1. The molecule has 0 radical (unpaired) electrons. The highest BCUT2D eigenvalue weighted by molar-refractivity contribution is 4.90. The highest BCUT2D eigenvalue weighted by Crippen LogP contribution is 2.47. The molecule has 0 aromatic heterocycles. The summed E-state index contributed by atoms with van der Waals surface area (Å²) in [5.74, 6) is 2.33. The van der Waals surface area contributed by atoms with Gasteiger partial charge in [-0.05, 0) is 62.8 Å². The molecule has 0 aromatic rings. The van der Waals surface area contributed by atoms with E-state index in [-0.39, 0.29) is 0 Å². The molecule has 0 amide bonds. The molecule has 0 heterocycles. The molecule has 0 spiro atoms. The van der Waals surface area contributed by atoms with Gasteiger partial charge < -0.3 is 5.73 Å². The molecule has 0 aliphatic heterocycles. The van der Waals surface area contributed by atoms with Crippen molar-refractivity contribution in [1.82, 2.24) is 0 Å². The molecule has 0 bridgehead atoms. The van der Waals surface area contributed by atoms with Crippen LogP contribution in [0.3, 0.4) is 0 Å². The van der Waals surface area contributed by atoms with E-state index < -0.39 is 6.17 Å². The van der Waals surface area contributed by atoms with Gasteiger partial charge in [0.2, 0.25) is 0 Å². The lowest BCUT2D eigenvalue weighted by Crippen LogP contribution is -2.26. The van der Waals surface area contributed by atoms with Gasteiger partial charge >= 0.3 is 0 Å². The first-order chi connectivity index (χ1) is 6.31. The van der Waals surface area contributed by atoms with E-state index in [0.717, 1.165) is 44.1 Å². The first kappa shape index (κ1) is 9.45. The minimum atomic E-state index is -0.502. The molecule has 2 N–H and O–H groups in total. The summed E-state index contributed by atoms with van der Waals surface area (Å²) in [6.45, 7) is 0.812. The Bertz CT molecular complexity index is 165. The summed E-state index contributed by atoms with van der Waals surface area (Å²) in [5.41, 5.74) is 5.58. The second-order valence-corrected chi connectivity index (χ2v) is 4.75.